The smallest absolute Gasteiger partial charge is 0.0713 e. The van der Waals surface area contributed by atoms with Crippen LogP contribution in [-0.4, -0.2) is 35.8 Å². The lowest BCUT2D eigenvalue weighted by Crippen LogP contribution is -2.52. The molecule has 19 heavy (non-hydrogen) atoms. The van der Waals surface area contributed by atoms with Gasteiger partial charge in [-0.15, -0.1) is 0 Å². The highest BCUT2D eigenvalue weighted by Gasteiger charge is 2.43. The Hall–Kier alpha value is 0.270. The van der Waals surface area contributed by atoms with Crippen molar-refractivity contribution >= 4 is 11.8 Å². The maximum Gasteiger partial charge on any atom is 0.0713 e. The maximum absolute atomic E-state index is 6.21. The molecule has 2 bridgehead atoms. The Morgan fingerprint density at radius 2 is 1.95 bits per heavy atom. The number of ether oxygens (including phenoxy) is 1. The normalized spacial score (nSPS) is 44.8. The number of hydrogen-bond acceptors (Lipinski definition) is 3. The maximum atomic E-state index is 6.21. The summed E-state index contributed by atoms with van der Waals surface area (Å²) in [4.78, 5) is 0. The molecule has 2 nitrogen and oxygen atoms in total. The van der Waals surface area contributed by atoms with Crippen LogP contribution in [0.3, 0.4) is 0 Å². The molecule has 0 aromatic carbocycles. The second-order valence-electron chi connectivity index (χ2n) is 7.28. The summed E-state index contributed by atoms with van der Waals surface area (Å²) in [6, 6.07) is 1.58. The van der Waals surface area contributed by atoms with Crippen LogP contribution in [-0.2, 0) is 4.74 Å². The van der Waals surface area contributed by atoms with Gasteiger partial charge in [-0.05, 0) is 68.3 Å². The lowest BCUT2D eigenvalue weighted by atomic mass is 9.84. The molecule has 2 saturated carbocycles. The van der Waals surface area contributed by atoms with Crippen molar-refractivity contribution < 1.29 is 4.74 Å². The molecule has 0 radical (unpaired) electrons. The van der Waals surface area contributed by atoms with Gasteiger partial charge in [-0.25, -0.2) is 0 Å². The summed E-state index contributed by atoms with van der Waals surface area (Å²) in [5.74, 6) is 4.68. The number of thioether (sulfide) groups is 1. The van der Waals surface area contributed by atoms with Crippen molar-refractivity contribution in [1.82, 2.24) is 5.32 Å². The summed E-state index contributed by atoms with van der Waals surface area (Å²) in [6.07, 6.45) is 11.1. The van der Waals surface area contributed by atoms with E-state index in [2.05, 4.69) is 17.1 Å². The highest BCUT2D eigenvalue weighted by atomic mass is 32.2. The van der Waals surface area contributed by atoms with Gasteiger partial charge in [-0.1, -0.05) is 6.42 Å². The third-order valence-electron chi connectivity index (χ3n) is 6.08. The molecule has 2 aliphatic heterocycles. The number of fused-ring (bicyclic) bond motifs is 2. The molecular weight excluding hydrogens is 254 g/mol. The largest absolute Gasteiger partial charge is 0.375 e. The summed E-state index contributed by atoms with van der Waals surface area (Å²) < 4.78 is 6.21. The second kappa shape index (κ2) is 5.23. The zero-order valence-electron chi connectivity index (χ0n) is 11.9. The first-order chi connectivity index (χ1) is 9.33. The lowest BCUT2D eigenvalue weighted by Gasteiger charge is -2.44. The van der Waals surface area contributed by atoms with Crippen LogP contribution in [0, 0.1) is 11.8 Å². The number of rotatable bonds is 2. The molecular formula is C16H27NOS. The van der Waals surface area contributed by atoms with Gasteiger partial charge in [0.25, 0.3) is 0 Å². The van der Waals surface area contributed by atoms with Crippen molar-refractivity contribution in [3.8, 4) is 0 Å². The summed E-state index contributed by atoms with van der Waals surface area (Å²) >= 11 is 2.11. The Labute approximate surface area is 121 Å². The predicted octanol–water partition coefficient (Wildman–Crippen LogP) is 3.21. The SMILES string of the molecule is C1CC(NC2CC3CCC2C3)CC2(CCSCC2)O1. The first kappa shape index (κ1) is 13.0. The Morgan fingerprint density at radius 3 is 2.68 bits per heavy atom. The van der Waals surface area contributed by atoms with E-state index in [1.165, 1.54) is 62.9 Å². The number of nitrogens with one attached hydrogen (secondary N) is 1. The van der Waals surface area contributed by atoms with E-state index in [0.717, 1.165) is 30.5 Å². The monoisotopic (exact) mass is 281 g/mol. The van der Waals surface area contributed by atoms with E-state index in [4.69, 9.17) is 4.74 Å². The van der Waals surface area contributed by atoms with Gasteiger partial charge in [0, 0.05) is 18.7 Å². The quantitative estimate of drug-likeness (QED) is 0.840. The fraction of sp³-hybridized carbons (Fsp3) is 1.00. The molecule has 2 heterocycles. The van der Waals surface area contributed by atoms with Gasteiger partial charge >= 0.3 is 0 Å². The van der Waals surface area contributed by atoms with Crippen LogP contribution < -0.4 is 5.32 Å². The standard InChI is InChI=1S/C16H27NOS/c1-2-13-9-12(1)10-15(13)17-14-3-6-18-16(11-14)4-7-19-8-5-16/h12-15,17H,1-11H2. The van der Waals surface area contributed by atoms with E-state index in [1.807, 2.05) is 0 Å². The molecule has 2 aliphatic carbocycles. The Morgan fingerprint density at radius 1 is 1.05 bits per heavy atom. The van der Waals surface area contributed by atoms with E-state index in [0.29, 0.717) is 0 Å². The topological polar surface area (TPSA) is 21.3 Å². The molecule has 1 N–H and O–H groups in total. The molecule has 4 unspecified atom stereocenters. The minimum Gasteiger partial charge on any atom is -0.375 e. The van der Waals surface area contributed by atoms with Crippen LogP contribution in [0.2, 0.25) is 0 Å². The highest BCUT2D eigenvalue weighted by Crippen LogP contribution is 2.45. The fourth-order valence-corrected chi connectivity index (χ4v) is 6.25. The van der Waals surface area contributed by atoms with Gasteiger partial charge in [0.1, 0.15) is 0 Å². The highest BCUT2D eigenvalue weighted by molar-refractivity contribution is 7.99. The first-order valence-corrected chi connectivity index (χ1v) is 9.46. The van der Waals surface area contributed by atoms with Crippen LogP contribution in [0.15, 0.2) is 0 Å². The average Bonchev–Trinajstić information content (AvgIpc) is 3.02. The Kier molecular flexibility index (Phi) is 3.57. The lowest BCUT2D eigenvalue weighted by molar-refractivity contribution is -0.0947. The minimum atomic E-state index is 0.249. The van der Waals surface area contributed by atoms with Crippen molar-refractivity contribution in [3.05, 3.63) is 0 Å². The Balaban J connectivity index is 1.36. The van der Waals surface area contributed by atoms with E-state index < -0.39 is 0 Å². The summed E-state index contributed by atoms with van der Waals surface area (Å²) in [6.45, 7) is 0.989. The zero-order chi connectivity index (χ0) is 12.7. The van der Waals surface area contributed by atoms with Crippen molar-refractivity contribution in [1.29, 1.82) is 0 Å². The average molecular weight is 281 g/mol. The minimum absolute atomic E-state index is 0.249. The van der Waals surface area contributed by atoms with Crippen LogP contribution >= 0.6 is 11.8 Å². The van der Waals surface area contributed by atoms with Gasteiger partial charge in [0.2, 0.25) is 0 Å². The zero-order valence-corrected chi connectivity index (χ0v) is 12.7. The molecule has 2 saturated heterocycles. The van der Waals surface area contributed by atoms with Crippen molar-refractivity contribution in [2.45, 2.75) is 69.1 Å². The Bertz CT molecular complexity index is 323. The summed E-state index contributed by atoms with van der Waals surface area (Å²) in [7, 11) is 0. The molecule has 4 aliphatic rings. The van der Waals surface area contributed by atoms with Crippen LogP contribution in [0.5, 0.6) is 0 Å². The molecule has 4 atom stereocenters. The molecule has 4 rings (SSSR count). The van der Waals surface area contributed by atoms with Gasteiger partial charge in [0.05, 0.1) is 5.60 Å². The molecule has 4 fully saturated rings. The third kappa shape index (κ3) is 2.58. The van der Waals surface area contributed by atoms with E-state index in [-0.39, 0.29) is 5.60 Å². The molecule has 108 valence electrons. The van der Waals surface area contributed by atoms with E-state index >= 15 is 0 Å². The molecule has 3 heteroatoms. The molecule has 0 aromatic heterocycles. The fourth-order valence-electron chi connectivity index (χ4n) is 5.01. The number of hydrogen-bond donors (Lipinski definition) is 1. The van der Waals surface area contributed by atoms with Crippen molar-refractivity contribution in [3.63, 3.8) is 0 Å². The summed E-state index contributed by atoms with van der Waals surface area (Å²) in [5, 5.41) is 4.03. The summed E-state index contributed by atoms with van der Waals surface area (Å²) in [5.41, 5.74) is 0.249. The van der Waals surface area contributed by atoms with E-state index in [9.17, 15) is 0 Å². The van der Waals surface area contributed by atoms with Gasteiger partial charge in [-0.3, -0.25) is 0 Å². The third-order valence-corrected chi connectivity index (χ3v) is 7.07. The van der Waals surface area contributed by atoms with Crippen LogP contribution in [0.4, 0.5) is 0 Å². The van der Waals surface area contributed by atoms with Crippen molar-refractivity contribution in [2.75, 3.05) is 18.1 Å². The second-order valence-corrected chi connectivity index (χ2v) is 8.51. The van der Waals surface area contributed by atoms with Crippen molar-refractivity contribution in [2.24, 2.45) is 11.8 Å². The van der Waals surface area contributed by atoms with Crippen LogP contribution in [0.25, 0.3) is 0 Å². The molecule has 1 spiro atoms. The van der Waals surface area contributed by atoms with Gasteiger partial charge in [-0.2, -0.15) is 11.8 Å². The van der Waals surface area contributed by atoms with Gasteiger partial charge in [0.15, 0.2) is 0 Å². The molecule has 0 amide bonds. The van der Waals surface area contributed by atoms with E-state index in [1.54, 1.807) is 0 Å². The first-order valence-electron chi connectivity index (χ1n) is 8.31. The molecule has 0 aromatic rings. The van der Waals surface area contributed by atoms with Crippen LogP contribution in [0.1, 0.15) is 51.4 Å². The van der Waals surface area contributed by atoms with Gasteiger partial charge < -0.3 is 10.1 Å². The predicted molar refractivity (Wildman–Crippen MR) is 80.6 cm³/mol.